The molecule has 3 N–H and O–H groups in total. The number of aromatic nitrogens is 2. The van der Waals surface area contributed by atoms with E-state index in [1.807, 2.05) is 79.1 Å². The molecule has 2 aromatic heterocycles. The smallest absolute Gasteiger partial charge is 0.165 e. The summed E-state index contributed by atoms with van der Waals surface area (Å²) in [5, 5.41) is 12.3. The summed E-state index contributed by atoms with van der Waals surface area (Å²) in [6, 6.07) is 31.4. The van der Waals surface area contributed by atoms with E-state index in [-0.39, 0.29) is 42.6 Å². The molecule has 2 unspecified atom stereocenters. The third-order valence-electron chi connectivity index (χ3n) is 10.3. The Morgan fingerprint density at radius 3 is 1.68 bits per heavy atom. The molecule has 7 rings (SSSR count). The first kappa shape index (κ1) is 46.3. The summed E-state index contributed by atoms with van der Waals surface area (Å²) in [6.45, 7) is 7.10. The van der Waals surface area contributed by atoms with Crippen molar-refractivity contribution in [1.82, 2.24) is 30.8 Å². The lowest BCUT2D eigenvalue weighted by atomic mass is 9.95. The maximum atomic E-state index is 13.7. The number of nitrogens with one attached hydrogen (secondary N) is 3. The number of piperidine rings is 2. The molecule has 2 fully saturated rings. The van der Waals surface area contributed by atoms with Gasteiger partial charge in [0.1, 0.15) is 12.4 Å². The van der Waals surface area contributed by atoms with Crippen molar-refractivity contribution < 1.29 is 13.5 Å². The van der Waals surface area contributed by atoms with E-state index in [9.17, 15) is 8.78 Å². The monoisotopic (exact) mass is 858 g/mol. The van der Waals surface area contributed by atoms with Gasteiger partial charge in [-0.2, -0.15) is 0 Å². The summed E-state index contributed by atoms with van der Waals surface area (Å²) in [4.78, 5) is 11.4. The Morgan fingerprint density at radius 2 is 1.19 bits per heavy atom. The number of hydrogen-bond acceptors (Lipinski definition) is 7. The van der Waals surface area contributed by atoms with Gasteiger partial charge in [-0.1, -0.05) is 59.6 Å². The molecule has 7 nitrogen and oxygen atoms in total. The van der Waals surface area contributed by atoms with E-state index in [0.717, 1.165) is 103 Å². The molecule has 2 aliphatic heterocycles. The summed E-state index contributed by atoms with van der Waals surface area (Å²) in [5.41, 5.74) is 4.38. The molecule has 4 heterocycles. The van der Waals surface area contributed by atoms with Crippen LogP contribution < -0.4 is 20.7 Å². The van der Waals surface area contributed by atoms with Crippen LogP contribution in [0.1, 0.15) is 60.3 Å². The Hall–Kier alpha value is -3.38. The van der Waals surface area contributed by atoms with Gasteiger partial charge < -0.3 is 20.7 Å². The van der Waals surface area contributed by atoms with Crippen molar-refractivity contribution in [3.63, 3.8) is 0 Å². The van der Waals surface area contributed by atoms with Crippen molar-refractivity contribution in [2.24, 2.45) is 11.8 Å². The molecule has 57 heavy (non-hydrogen) atoms. The number of rotatable bonds is 14. The van der Waals surface area contributed by atoms with Crippen LogP contribution in [0.2, 0.25) is 10.0 Å². The topological polar surface area (TPSA) is 74.3 Å². The third kappa shape index (κ3) is 14.7. The Balaban J connectivity index is 0.000000262. The SMILES string of the molecule is Cl.Cl.Clc1ccc(C(NCC2CCNCC2)c2ccccn2)cc1.Fc1ccc(F)c(OCCN2CCC(CNC(c3ccc(Cl)cc3)c3ccccn3)CC2)c1. The van der Waals surface area contributed by atoms with E-state index < -0.39 is 11.6 Å². The number of halogens is 6. The van der Waals surface area contributed by atoms with Gasteiger partial charge in [-0.05, 0) is 149 Å². The largest absolute Gasteiger partial charge is 0.489 e. The van der Waals surface area contributed by atoms with Crippen LogP contribution in [-0.2, 0) is 0 Å². The highest BCUT2D eigenvalue weighted by atomic mass is 35.5. The second kappa shape index (κ2) is 24.5. The number of hydrogen-bond donors (Lipinski definition) is 3. The number of pyridine rings is 2. The van der Waals surface area contributed by atoms with Crippen molar-refractivity contribution in [2.45, 2.75) is 37.8 Å². The van der Waals surface area contributed by atoms with Crippen molar-refractivity contribution in [3.8, 4) is 5.75 Å². The molecule has 0 amide bonds. The van der Waals surface area contributed by atoms with Crippen LogP contribution in [0.4, 0.5) is 8.78 Å². The van der Waals surface area contributed by atoms with Crippen molar-refractivity contribution in [2.75, 3.05) is 52.4 Å². The Kier molecular flexibility index (Phi) is 19.9. The highest BCUT2D eigenvalue weighted by molar-refractivity contribution is 6.30. The van der Waals surface area contributed by atoms with Gasteiger partial charge in [-0.3, -0.25) is 14.9 Å². The minimum atomic E-state index is -0.538. The van der Waals surface area contributed by atoms with Crippen LogP contribution >= 0.6 is 48.0 Å². The number of ether oxygens (including phenoxy) is 1. The van der Waals surface area contributed by atoms with Gasteiger partial charge in [0.25, 0.3) is 0 Å². The van der Waals surface area contributed by atoms with Crippen molar-refractivity contribution in [3.05, 3.63) is 160 Å². The Morgan fingerprint density at radius 1 is 0.684 bits per heavy atom. The minimum Gasteiger partial charge on any atom is -0.489 e. The standard InChI is InChI=1S/C26H28ClF2N3O.C18H22ClN3.2ClH/c27-21-6-4-20(5-7-21)26(24-3-1-2-12-30-24)31-18-19-10-13-32(14-11-19)15-16-33-25-17-22(28)8-9-23(25)29;19-16-6-4-15(5-7-16)18(17-3-1-2-10-21-17)22-13-14-8-11-20-12-9-14;;/h1-9,12,17,19,26,31H,10-11,13-16,18H2;1-7,10,14,18,20,22H,8-9,11-13H2;2*1H. The van der Waals surface area contributed by atoms with Crippen LogP contribution in [0.5, 0.6) is 5.75 Å². The molecule has 13 heteroatoms. The fraction of sp³-hybridized carbons (Fsp3) is 0.364. The second-order valence-electron chi connectivity index (χ2n) is 14.2. The Labute approximate surface area is 358 Å². The van der Waals surface area contributed by atoms with E-state index in [2.05, 4.69) is 49.0 Å². The summed E-state index contributed by atoms with van der Waals surface area (Å²) >= 11 is 12.1. The van der Waals surface area contributed by atoms with E-state index in [0.29, 0.717) is 19.1 Å². The van der Waals surface area contributed by atoms with Gasteiger partial charge in [0.2, 0.25) is 0 Å². The summed E-state index contributed by atoms with van der Waals surface area (Å²) < 4.78 is 32.4. The van der Waals surface area contributed by atoms with E-state index in [1.165, 1.54) is 18.4 Å². The van der Waals surface area contributed by atoms with Crippen molar-refractivity contribution >= 4 is 48.0 Å². The number of likely N-dealkylation sites (tertiary alicyclic amines) is 1. The summed E-state index contributed by atoms with van der Waals surface area (Å²) in [6.07, 6.45) is 8.28. The molecule has 0 spiro atoms. The van der Waals surface area contributed by atoms with Crippen LogP contribution in [0.3, 0.4) is 0 Å². The van der Waals surface area contributed by atoms with Crippen molar-refractivity contribution in [1.29, 1.82) is 0 Å². The van der Waals surface area contributed by atoms with Gasteiger partial charge in [0.05, 0.1) is 23.5 Å². The average molecular weight is 861 g/mol. The van der Waals surface area contributed by atoms with E-state index in [1.54, 1.807) is 0 Å². The number of benzene rings is 3. The molecular formula is C44H52Cl4F2N6O. The van der Waals surface area contributed by atoms with E-state index in [4.69, 9.17) is 27.9 Å². The molecule has 2 atom stereocenters. The zero-order chi connectivity index (χ0) is 38.2. The van der Waals surface area contributed by atoms with Gasteiger partial charge in [0.15, 0.2) is 11.6 Å². The summed E-state index contributed by atoms with van der Waals surface area (Å²) in [5.74, 6) is 0.226. The fourth-order valence-electron chi connectivity index (χ4n) is 7.13. The second-order valence-corrected chi connectivity index (χ2v) is 15.1. The number of nitrogens with zero attached hydrogens (tertiary/aromatic N) is 3. The molecule has 2 aliphatic rings. The van der Waals surface area contributed by atoms with Crippen LogP contribution in [0.25, 0.3) is 0 Å². The first-order valence-corrected chi connectivity index (χ1v) is 20.0. The average Bonchev–Trinajstić information content (AvgIpc) is 3.22. The third-order valence-corrected chi connectivity index (χ3v) is 10.8. The molecule has 0 radical (unpaired) electrons. The fourth-order valence-corrected chi connectivity index (χ4v) is 7.38. The first-order valence-electron chi connectivity index (χ1n) is 19.2. The molecule has 0 saturated carbocycles. The maximum Gasteiger partial charge on any atom is 0.165 e. The van der Waals surface area contributed by atoms with Gasteiger partial charge in [-0.15, -0.1) is 24.8 Å². The first-order chi connectivity index (χ1) is 26.9. The van der Waals surface area contributed by atoms with Crippen LogP contribution in [-0.4, -0.2) is 67.3 Å². The van der Waals surface area contributed by atoms with Gasteiger partial charge >= 0.3 is 0 Å². The highest BCUT2D eigenvalue weighted by Crippen LogP contribution is 2.26. The van der Waals surface area contributed by atoms with E-state index >= 15 is 0 Å². The molecule has 306 valence electrons. The normalized spacial score (nSPS) is 15.9. The van der Waals surface area contributed by atoms with Crippen LogP contribution in [0.15, 0.2) is 116 Å². The molecule has 3 aromatic carbocycles. The van der Waals surface area contributed by atoms with Gasteiger partial charge in [0, 0.05) is 35.1 Å². The lowest BCUT2D eigenvalue weighted by Crippen LogP contribution is -2.40. The molecule has 5 aromatic rings. The zero-order valence-electron chi connectivity index (χ0n) is 31.8. The molecule has 0 aliphatic carbocycles. The zero-order valence-corrected chi connectivity index (χ0v) is 35.0. The quantitative estimate of drug-likeness (QED) is 0.103. The molecule has 2 saturated heterocycles. The van der Waals surface area contributed by atoms with Gasteiger partial charge in [-0.25, -0.2) is 8.78 Å². The lowest BCUT2D eigenvalue weighted by Gasteiger charge is -2.33. The predicted molar refractivity (Wildman–Crippen MR) is 232 cm³/mol. The maximum absolute atomic E-state index is 13.7. The Bertz CT molecular complexity index is 1850. The molecular weight excluding hydrogens is 808 g/mol. The lowest BCUT2D eigenvalue weighted by molar-refractivity contribution is 0.151. The predicted octanol–water partition coefficient (Wildman–Crippen LogP) is 9.74. The van der Waals surface area contributed by atoms with Crippen LogP contribution in [0, 0.1) is 23.5 Å². The minimum absolute atomic E-state index is 0. The molecule has 0 bridgehead atoms. The highest BCUT2D eigenvalue weighted by Gasteiger charge is 2.23. The summed E-state index contributed by atoms with van der Waals surface area (Å²) in [7, 11) is 0.